The summed E-state index contributed by atoms with van der Waals surface area (Å²) in [6, 6.07) is 15.3. The molecule has 0 aliphatic carbocycles. The molecule has 0 radical (unpaired) electrons. The van der Waals surface area contributed by atoms with E-state index in [1.165, 1.54) is 12.1 Å². The molecule has 3 aromatic rings. The first-order valence-electron chi connectivity index (χ1n) is 7.44. The maximum atomic E-state index is 12.2. The molecule has 0 bridgehead atoms. The zero-order chi connectivity index (χ0) is 18.5. The molecule has 6 nitrogen and oxygen atoms in total. The summed E-state index contributed by atoms with van der Waals surface area (Å²) in [5.41, 5.74) is 1.56. The molecule has 0 saturated carbocycles. The maximum absolute atomic E-state index is 12.2. The Bertz CT molecular complexity index is 969. The van der Waals surface area contributed by atoms with Crippen molar-refractivity contribution < 1.29 is 14.7 Å². The van der Waals surface area contributed by atoms with Gasteiger partial charge in [-0.25, -0.2) is 4.79 Å². The first-order chi connectivity index (χ1) is 12.5. The summed E-state index contributed by atoms with van der Waals surface area (Å²) in [5, 5.41) is 20.3. The van der Waals surface area contributed by atoms with Gasteiger partial charge >= 0.3 is 5.97 Å². The Morgan fingerprint density at radius 2 is 1.65 bits per heavy atom. The van der Waals surface area contributed by atoms with Crippen molar-refractivity contribution in [3.05, 3.63) is 75.7 Å². The van der Waals surface area contributed by atoms with E-state index in [0.29, 0.717) is 21.3 Å². The lowest BCUT2D eigenvalue weighted by Crippen LogP contribution is -2.11. The van der Waals surface area contributed by atoms with Gasteiger partial charge in [0.25, 0.3) is 5.91 Å². The van der Waals surface area contributed by atoms with E-state index in [4.69, 9.17) is 16.7 Å². The number of halogens is 1. The highest BCUT2D eigenvalue weighted by Crippen LogP contribution is 2.26. The Labute approximate surface area is 157 Å². The van der Waals surface area contributed by atoms with Crippen LogP contribution in [-0.2, 0) is 0 Å². The molecule has 1 amide bonds. The molecule has 2 N–H and O–H groups in total. The van der Waals surface area contributed by atoms with Gasteiger partial charge in [0.05, 0.1) is 10.6 Å². The van der Waals surface area contributed by atoms with E-state index in [-0.39, 0.29) is 16.5 Å². The van der Waals surface area contributed by atoms with E-state index in [0.717, 1.165) is 11.3 Å². The van der Waals surface area contributed by atoms with Crippen LogP contribution in [0.4, 0.5) is 5.69 Å². The van der Waals surface area contributed by atoms with Gasteiger partial charge in [-0.15, -0.1) is 10.2 Å². The van der Waals surface area contributed by atoms with E-state index >= 15 is 0 Å². The predicted octanol–water partition coefficient (Wildman–Crippen LogP) is 4.23. The zero-order valence-corrected chi connectivity index (χ0v) is 14.8. The second kappa shape index (κ2) is 7.90. The third kappa shape index (κ3) is 4.33. The van der Waals surface area contributed by atoms with Crippen LogP contribution in [0.2, 0.25) is 0 Å². The molecular weight excluding hydrogens is 374 g/mol. The van der Waals surface area contributed by atoms with E-state index in [1.807, 2.05) is 18.2 Å². The van der Waals surface area contributed by atoms with Gasteiger partial charge in [0, 0.05) is 5.69 Å². The SMILES string of the molecule is O=C(O)c1ccc(C=C(Cl)c2nnc(C(=O)Nc3ccccc3)s2)cc1. The summed E-state index contributed by atoms with van der Waals surface area (Å²) < 4.78 is 0. The molecule has 8 heteroatoms. The van der Waals surface area contributed by atoms with E-state index in [2.05, 4.69) is 15.5 Å². The Kier molecular flexibility index (Phi) is 5.40. The van der Waals surface area contributed by atoms with Crippen molar-refractivity contribution in [2.45, 2.75) is 0 Å². The summed E-state index contributed by atoms with van der Waals surface area (Å²) in [6.45, 7) is 0. The number of hydrogen-bond donors (Lipinski definition) is 2. The van der Waals surface area contributed by atoms with Gasteiger partial charge in [0.2, 0.25) is 5.01 Å². The summed E-state index contributed by atoms with van der Waals surface area (Å²) >= 11 is 7.31. The smallest absolute Gasteiger partial charge is 0.335 e. The standard InChI is InChI=1S/C18H12ClN3O3S/c19-14(10-11-6-8-12(9-7-11)18(24)25)16-21-22-17(26-16)15(23)20-13-4-2-1-3-5-13/h1-10H,(H,20,23)(H,24,25). The van der Waals surface area contributed by atoms with Crippen LogP contribution in [0.1, 0.15) is 30.7 Å². The van der Waals surface area contributed by atoms with Gasteiger partial charge < -0.3 is 10.4 Å². The number of aromatic carboxylic acids is 1. The van der Waals surface area contributed by atoms with E-state index < -0.39 is 5.97 Å². The minimum atomic E-state index is -0.996. The number of carbonyl (C=O) groups is 2. The fraction of sp³-hybridized carbons (Fsp3) is 0. The van der Waals surface area contributed by atoms with Crippen LogP contribution in [0.15, 0.2) is 54.6 Å². The van der Waals surface area contributed by atoms with Gasteiger partial charge in [-0.1, -0.05) is 53.3 Å². The van der Waals surface area contributed by atoms with Crippen LogP contribution in [0.3, 0.4) is 0 Å². The Morgan fingerprint density at radius 1 is 1.00 bits per heavy atom. The number of nitrogens with one attached hydrogen (secondary N) is 1. The lowest BCUT2D eigenvalue weighted by molar-refractivity contribution is 0.0696. The van der Waals surface area contributed by atoms with Crippen LogP contribution >= 0.6 is 22.9 Å². The van der Waals surface area contributed by atoms with Crippen LogP contribution in [-0.4, -0.2) is 27.2 Å². The third-order valence-corrected chi connectivity index (χ3v) is 4.66. The van der Waals surface area contributed by atoms with Crippen LogP contribution < -0.4 is 5.32 Å². The van der Waals surface area contributed by atoms with Crippen molar-refractivity contribution in [3.8, 4) is 0 Å². The van der Waals surface area contributed by atoms with Crippen molar-refractivity contribution in [1.29, 1.82) is 0 Å². The minimum absolute atomic E-state index is 0.189. The largest absolute Gasteiger partial charge is 0.478 e. The van der Waals surface area contributed by atoms with Crippen LogP contribution in [0.5, 0.6) is 0 Å². The number of nitrogens with zero attached hydrogens (tertiary/aromatic N) is 2. The van der Waals surface area contributed by atoms with Crippen molar-refractivity contribution >= 4 is 51.6 Å². The first-order valence-corrected chi connectivity index (χ1v) is 8.63. The quantitative estimate of drug-likeness (QED) is 0.685. The van der Waals surface area contributed by atoms with Crippen molar-refractivity contribution in [2.24, 2.45) is 0 Å². The summed E-state index contributed by atoms with van der Waals surface area (Å²) in [5.74, 6) is -1.36. The average Bonchev–Trinajstić information content (AvgIpc) is 3.13. The van der Waals surface area contributed by atoms with Crippen molar-refractivity contribution in [3.63, 3.8) is 0 Å². The highest BCUT2D eigenvalue weighted by atomic mass is 35.5. The highest BCUT2D eigenvalue weighted by molar-refractivity contribution is 7.15. The second-order valence-electron chi connectivity index (χ2n) is 5.15. The average molecular weight is 386 g/mol. The minimum Gasteiger partial charge on any atom is -0.478 e. The molecule has 130 valence electrons. The lowest BCUT2D eigenvalue weighted by atomic mass is 10.1. The Hall–Kier alpha value is -3.03. The molecule has 2 aromatic carbocycles. The molecule has 0 unspecified atom stereocenters. The van der Waals surface area contributed by atoms with Gasteiger partial charge in [0.15, 0.2) is 5.01 Å². The van der Waals surface area contributed by atoms with Gasteiger partial charge in [-0.05, 0) is 35.9 Å². The molecule has 0 saturated heterocycles. The fourth-order valence-corrected chi connectivity index (χ4v) is 2.97. The van der Waals surface area contributed by atoms with Crippen molar-refractivity contribution in [2.75, 3.05) is 5.32 Å². The number of anilines is 1. The number of rotatable bonds is 5. The molecule has 0 atom stereocenters. The molecule has 1 aromatic heterocycles. The van der Waals surface area contributed by atoms with E-state index in [9.17, 15) is 9.59 Å². The molecule has 0 spiro atoms. The van der Waals surface area contributed by atoms with Crippen LogP contribution in [0, 0.1) is 0 Å². The topological polar surface area (TPSA) is 92.2 Å². The van der Waals surface area contributed by atoms with E-state index in [1.54, 1.807) is 30.3 Å². The second-order valence-corrected chi connectivity index (χ2v) is 6.54. The fourth-order valence-electron chi connectivity index (χ4n) is 2.05. The normalized spacial score (nSPS) is 11.2. The molecule has 1 heterocycles. The monoisotopic (exact) mass is 385 g/mol. The number of hydrogen-bond acceptors (Lipinski definition) is 5. The zero-order valence-electron chi connectivity index (χ0n) is 13.2. The third-order valence-electron chi connectivity index (χ3n) is 3.31. The van der Waals surface area contributed by atoms with Crippen LogP contribution in [0.25, 0.3) is 11.1 Å². The summed E-state index contributed by atoms with van der Waals surface area (Å²) in [7, 11) is 0. The Balaban J connectivity index is 1.73. The number of carboxylic acid groups (broad SMARTS) is 1. The number of aromatic nitrogens is 2. The molecule has 0 aliphatic heterocycles. The number of para-hydroxylation sites is 1. The van der Waals surface area contributed by atoms with Gasteiger partial charge in [-0.2, -0.15) is 0 Å². The van der Waals surface area contributed by atoms with Gasteiger partial charge in [-0.3, -0.25) is 4.79 Å². The molecule has 3 rings (SSSR count). The lowest BCUT2D eigenvalue weighted by Gasteiger charge is -2.00. The molecule has 0 aliphatic rings. The number of carbonyl (C=O) groups excluding carboxylic acids is 1. The summed E-state index contributed by atoms with van der Waals surface area (Å²) in [6.07, 6.45) is 1.63. The maximum Gasteiger partial charge on any atom is 0.335 e. The first kappa shape index (κ1) is 17.8. The molecule has 0 fully saturated rings. The van der Waals surface area contributed by atoms with Crippen molar-refractivity contribution in [1.82, 2.24) is 10.2 Å². The number of amides is 1. The predicted molar refractivity (Wildman–Crippen MR) is 101 cm³/mol. The molecule has 26 heavy (non-hydrogen) atoms. The summed E-state index contributed by atoms with van der Waals surface area (Å²) in [4.78, 5) is 23.0. The molecular formula is C18H12ClN3O3S. The number of benzene rings is 2. The highest BCUT2D eigenvalue weighted by Gasteiger charge is 2.14. The Morgan fingerprint density at radius 3 is 2.31 bits per heavy atom. The van der Waals surface area contributed by atoms with Gasteiger partial charge in [0.1, 0.15) is 0 Å². The number of carboxylic acids is 1.